The summed E-state index contributed by atoms with van der Waals surface area (Å²) < 4.78 is 16.5. The van der Waals surface area contributed by atoms with Crippen LogP contribution in [0.1, 0.15) is 67.2 Å². The quantitative estimate of drug-likeness (QED) is 0.704. The summed E-state index contributed by atoms with van der Waals surface area (Å²) >= 11 is 0. The van der Waals surface area contributed by atoms with Gasteiger partial charge in [0.1, 0.15) is 5.60 Å². The smallest absolute Gasteiger partial charge is 0.407 e. The van der Waals surface area contributed by atoms with Crippen LogP contribution in [0.4, 0.5) is 4.79 Å². The second kappa shape index (κ2) is 9.80. The van der Waals surface area contributed by atoms with Crippen LogP contribution in [0.25, 0.3) is 0 Å². The van der Waals surface area contributed by atoms with Gasteiger partial charge in [-0.25, -0.2) is 9.59 Å². The van der Waals surface area contributed by atoms with E-state index in [4.69, 9.17) is 14.2 Å². The molecule has 1 aliphatic carbocycles. The molecule has 25 heavy (non-hydrogen) atoms. The zero-order valence-electron chi connectivity index (χ0n) is 16.4. The van der Waals surface area contributed by atoms with Crippen molar-refractivity contribution in [3.8, 4) is 0 Å². The number of hydrogen-bond donors (Lipinski definition) is 1. The summed E-state index contributed by atoms with van der Waals surface area (Å²) in [4.78, 5) is 24.2. The number of esters is 1. The molecule has 6 nitrogen and oxygen atoms in total. The standard InChI is InChI=1S/C19H33NO5/c1-7-15(8-2)24-16-11-13(17(21)23-9-3)10-14(12-16)20-18(22)25-19(4,5)6/h11,14-16H,7-10,12H2,1-6H3,(H,20,22)/t14-,16+/m0/s1. The van der Waals surface area contributed by atoms with E-state index in [2.05, 4.69) is 19.2 Å². The molecule has 0 spiro atoms. The van der Waals surface area contributed by atoms with Crippen LogP contribution >= 0.6 is 0 Å². The van der Waals surface area contributed by atoms with Gasteiger partial charge in [0.15, 0.2) is 0 Å². The number of alkyl carbamates (subject to hydrolysis) is 1. The molecule has 1 N–H and O–H groups in total. The minimum absolute atomic E-state index is 0.130. The lowest BCUT2D eigenvalue weighted by molar-refractivity contribution is -0.139. The molecule has 1 amide bonds. The van der Waals surface area contributed by atoms with E-state index in [9.17, 15) is 9.59 Å². The third-order valence-electron chi connectivity index (χ3n) is 3.91. The highest BCUT2D eigenvalue weighted by Gasteiger charge is 2.30. The number of amides is 1. The summed E-state index contributed by atoms with van der Waals surface area (Å²) in [6.45, 7) is 11.7. The summed E-state index contributed by atoms with van der Waals surface area (Å²) in [6, 6.07) is -0.224. The van der Waals surface area contributed by atoms with Gasteiger partial charge in [-0.2, -0.15) is 0 Å². The second-order valence-corrected chi connectivity index (χ2v) is 7.31. The van der Waals surface area contributed by atoms with Crippen LogP contribution in [0.2, 0.25) is 0 Å². The molecule has 0 aromatic heterocycles. The summed E-state index contributed by atoms with van der Waals surface area (Å²) in [7, 11) is 0. The van der Waals surface area contributed by atoms with Gasteiger partial charge in [0.2, 0.25) is 0 Å². The monoisotopic (exact) mass is 355 g/mol. The van der Waals surface area contributed by atoms with Gasteiger partial charge in [-0.1, -0.05) is 13.8 Å². The van der Waals surface area contributed by atoms with Crippen molar-refractivity contribution in [3.05, 3.63) is 11.6 Å². The van der Waals surface area contributed by atoms with Gasteiger partial charge >= 0.3 is 12.1 Å². The van der Waals surface area contributed by atoms with Crippen molar-refractivity contribution in [2.45, 2.75) is 91.1 Å². The predicted molar refractivity (Wildman–Crippen MR) is 96.4 cm³/mol. The highest BCUT2D eigenvalue weighted by Crippen LogP contribution is 2.24. The first-order valence-electron chi connectivity index (χ1n) is 9.21. The lowest BCUT2D eigenvalue weighted by atomic mass is 9.92. The van der Waals surface area contributed by atoms with Crippen LogP contribution in [0.5, 0.6) is 0 Å². The number of carbonyl (C=O) groups excluding carboxylic acids is 2. The van der Waals surface area contributed by atoms with Crippen molar-refractivity contribution in [2.75, 3.05) is 6.61 Å². The Balaban J connectivity index is 2.82. The molecule has 0 aliphatic heterocycles. The Kier molecular flexibility index (Phi) is 8.42. The van der Waals surface area contributed by atoms with E-state index in [1.807, 2.05) is 26.8 Å². The van der Waals surface area contributed by atoms with Gasteiger partial charge < -0.3 is 19.5 Å². The molecule has 144 valence electrons. The highest BCUT2D eigenvalue weighted by atomic mass is 16.6. The van der Waals surface area contributed by atoms with Gasteiger partial charge in [-0.05, 0) is 59.5 Å². The number of ether oxygens (including phenoxy) is 3. The molecule has 1 rings (SSSR count). The Labute approximate surface area is 151 Å². The van der Waals surface area contributed by atoms with Gasteiger partial charge in [0, 0.05) is 11.6 Å². The maximum absolute atomic E-state index is 12.1. The minimum atomic E-state index is -0.565. The molecule has 6 heteroatoms. The molecule has 0 unspecified atom stereocenters. The maximum atomic E-state index is 12.1. The maximum Gasteiger partial charge on any atom is 0.407 e. The fraction of sp³-hybridized carbons (Fsp3) is 0.789. The average Bonchev–Trinajstić information content (AvgIpc) is 2.50. The summed E-state index contributed by atoms with van der Waals surface area (Å²) in [5.74, 6) is -0.351. The topological polar surface area (TPSA) is 73.9 Å². The van der Waals surface area contributed by atoms with E-state index >= 15 is 0 Å². The lowest BCUT2D eigenvalue weighted by Gasteiger charge is -2.31. The molecule has 0 radical (unpaired) electrons. The molecule has 0 heterocycles. The lowest BCUT2D eigenvalue weighted by Crippen LogP contribution is -2.43. The summed E-state index contributed by atoms with van der Waals surface area (Å²) in [5, 5.41) is 2.85. The van der Waals surface area contributed by atoms with Crippen LogP contribution in [-0.4, -0.2) is 42.5 Å². The minimum Gasteiger partial charge on any atom is -0.463 e. The van der Waals surface area contributed by atoms with Crippen LogP contribution < -0.4 is 5.32 Å². The fourth-order valence-corrected chi connectivity index (χ4v) is 2.77. The SMILES string of the molecule is CCOC(=O)C1=C[C@@H](OC(CC)CC)C[C@@H](NC(=O)OC(C)(C)C)C1. The van der Waals surface area contributed by atoms with E-state index in [1.165, 1.54) is 0 Å². The third kappa shape index (κ3) is 7.90. The first kappa shape index (κ1) is 21.5. The van der Waals surface area contributed by atoms with Gasteiger partial charge in [0.25, 0.3) is 0 Å². The first-order valence-corrected chi connectivity index (χ1v) is 9.21. The molecule has 0 saturated carbocycles. The van der Waals surface area contributed by atoms with Crippen molar-refractivity contribution in [1.29, 1.82) is 0 Å². The third-order valence-corrected chi connectivity index (χ3v) is 3.91. The zero-order chi connectivity index (χ0) is 19.0. The predicted octanol–water partition coefficient (Wildman–Crippen LogP) is 3.74. The van der Waals surface area contributed by atoms with E-state index in [0.717, 1.165) is 12.8 Å². The summed E-state index contributed by atoms with van der Waals surface area (Å²) in [6.07, 6.45) is 4.09. The molecule has 0 aromatic carbocycles. The Morgan fingerprint density at radius 1 is 1.24 bits per heavy atom. The normalized spacial score (nSPS) is 20.8. The molecular formula is C19H33NO5. The van der Waals surface area contributed by atoms with Crippen LogP contribution in [0.3, 0.4) is 0 Å². The fourth-order valence-electron chi connectivity index (χ4n) is 2.77. The second-order valence-electron chi connectivity index (χ2n) is 7.31. The average molecular weight is 355 g/mol. The van der Waals surface area contributed by atoms with Crippen LogP contribution in [-0.2, 0) is 19.0 Å². The Morgan fingerprint density at radius 2 is 1.88 bits per heavy atom. The molecule has 1 aliphatic rings. The van der Waals surface area contributed by atoms with Gasteiger partial charge in [-0.3, -0.25) is 0 Å². The largest absolute Gasteiger partial charge is 0.463 e. The van der Waals surface area contributed by atoms with E-state index in [1.54, 1.807) is 6.92 Å². The van der Waals surface area contributed by atoms with Crippen molar-refractivity contribution in [2.24, 2.45) is 0 Å². The van der Waals surface area contributed by atoms with E-state index in [-0.39, 0.29) is 24.2 Å². The molecule has 0 saturated heterocycles. The van der Waals surface area contributed by atoms with Crippen LogP contribution in [0.15, 0.2) is 11.6 Å². The van der Waals surface area contributed by atoms with Gasteiger partial charge in [0.05, 0.1) is 18.8 Å². The number of hydrogen-bond acceptors (Lipinski definition) is 5. The Hall–Kier alpha value is -1.56. The first-order chi connectivity index (χ1) is 11.7. The van der Waals surface area contributed by atoms with E-state index in [0.29, 0.717) is 25.0 Å². The molecule has 0 fully saturated rings. The molecule has 0 bridgehead atoms. The highest BCUT2D eigenvalue weighted by molar-refractivity contribution is 5.89. The van der Waals surface area contributed by atoms with Crippen molar-refractivity contribution < 1.29 is 23.8 Å². The number of carbonyl (C=O) groups is 2. The van der Waals surface area contributed by atoms with Crippen molar-refractivity contribution in [3.63, 3.8) is 0 Å². The molecule has 2 atom stereocenters. The Morgan fingerprint density at radius 3 is 2.40 bits per heavy atom. The van der Waals surface area contributed by atoms with Crippen LogP contribution in [0, 0.1) is 0 Å². The number of rotatable bonds is 7. The van der Waals surface area contributed by atoms with E-state index < -0.39 is 11.7 Å². The summed E-state index contributed by atoms with van der Waals surface area (Å²) in [5.41, 5.74) is -0.0191. The van der Waals surface area contributed by atoms with Gasteiger partial charge in [-0.15, -0.1) is 0 Å². The van der Waals surface area contributed by atoms with Crippen molar-refractivity contribution >= 4 is 12.1 Å². The zero-order valence-corrected chi connectivity index (χ0v) is 16.4. The Bertz CT molecular complexity index is 477. The van der Waals surface area contributed by atoms with Crippen molar-refractivity contribution in [1.82, 2.24) is 5.32 Å². The molecule has 0 aromatic rings. The molecular weight excluding hydrogens is 322 g/mol. The number of nitrogens with one attached hydrogen (secondary N) is 1.